The van der Waals surface area contributed by atoms with Crippen LogP contribution >= 0.6 is 0 Å². The third-order valence-corrected chi connectivity index (χ3v) is 3.88. The number of imidazole rings is 1. The maximum atomic E-state index is 12.1. The molecule has 1 amide bonds. The number of amides is 1. The van der Waals surface area contributed by atoms with Crippen molar-refractivity contribution in [3.63, 3.8) is 0 Å². The second-order valence-corrected chi connectivity index (χ2v) is 5.59. The van der Waals surface area contributed by atoms with E-state index in [2.05, 4.69) is 22.4 Å². The fourth-order valence-electron chi connectivity index (χ4n) is 2.69. The Labute approximate surface area is 130 Å². The Morgan fingerprint density at radius 1 is 1.36 bits per heavy atom. The van der Waals surface area contributed by atoms with Crippen LogP contribution in [0.2, 0.25) is 0 Å². The number of aromatic nitrogens is 2. The molecule has 2 aromatic rings. The van der Waals surface area contributed by atoms with Crippen molar-refractivity contribution in [3.8, 4) is 0 Å². The van der Waals surface area contributed by atoms with Crippen LogP contribution < -0.4 is 5.32 Å². The highest BCUT2D eigenvalue weighted by atomic mass is 16.5. The molecule has 0 spiro atoms. The summed E-state index contributed by atoms with van der Waals surface area (Å²) in [7, 11) is 0. The Morgan fingerprint density at radius 3 is 3.00 bits per heavy atom. The number of carbonyl (C=O) groups excluding carboxylic acids is 1. The maximum Gasteiger partial charge on any atom is 0.226 e. The minimum Gasteiger partial charge on any atom is -0.378 e. The molecule has 1 fully saturated rings. The van der Waals surface area contributed by atoms with E-state index in [9.17, 15) is 4.79 Å². The number of hydrogen-bond donors (Lipinski definition) is 1. The van der Waals surface area contributed by atoms with Crippen LogP contribution in [-0.2, 0) is 16.1 Å². The van der Waals surface area contributed by atoms with Crippen LogP contribution in [0.4, 0.5) is 5.95 Å². The normalized spacial score (nSPS) is 17.5. The van der Waals surface area contributed by atoms with Gasteiger partial charge in [-0.3, -0.25) is 10.1 Å². The quantitative estimate of drug-likeness (QED) is 0.892. The molecule has 3 rings (SSSR count). The molecule has 1 N–H and O–H groups in total. The number of ether oxygens (including phenoxy) is 1. The number of benzene rings is 1. The summed E-state index contributed by atoms with van der Waals surface area (Å²) in [5.74, 6) is 0.595. The Balaban J connectivity index is 1.54. The molecule has 116 valence electrons. The van der Waals surface area contributed by atoms with Crippen LogP contribution in [0.25, 0.3) is 0 Å². The van der Waals surface area contributed by atoms with Crippen molar-refractivity contribution in [2.75, 3.05) is 11.9 Å². The molecule has 2 heterocycles. The molecule has 1 aromatic carbocycles. The molecular formula is C17H21N3O2. The first-order chi connectivity index (χ1) is 10.8. The van der Waals surface area contributed by atoms with E-state index in [1.54, 1.807) is 6.20 Å². The van der Waals surface area contributed by atoms with Gasteiger partial charge in [0.1, 0.15) is 0 Å². The molecule has 0 unspecified atom stereocenters. The zero-order chi connectivity index (χ0) is 15.2. The van der Waals surface area contributed by atoms with E-state index in [0.717, 1.165) is 25.9 Å². The third kappa shape index (κ3) is 3.95. The lowest BCUT2D eigenvalue weighted by molar-refractivity contribution is -0.116. The molecule has 0 saturated carbocycles. The monoisotopic (exact) mass is 299 g/mol. The minimum atomic E-state index is -0.00369. The first-order valence-electron chi connectivity index (χ1n) is 7.78. The average Bonchev–Trinajstić information content (AvgIpc) is 3.19. The van der Waals surface area contributed by atoms with Gasteiger partial charge in [0.05, 0.1) is 12.6 Å². The minimum absolute atomic E-state index is 0.00369. The predicted molar refractivity (Wildman–Crippen MR) is 84.6 cm³/mol. The van der Waals surface area contributed by atoms with Crippen molar-refractivity contribution in [2.45, 2.75) is 38.3 Å². The summed E-state index contributed by atoms with van der Waals surface area (Å²) in [6.45, 7) is 1.52. The second kappa shape index (κ2) is 7.22. The summed E-state index contributed by atoms with van der Waals surface area (Å²) >= 11 is 0. The standard InChI is InChI=1S/C17H21N3O2/c21-16(9-8-15-7-4-12-22-15)19-17-18-10-11-20(17)13-14-5-2-1-3-6-14/h1-3,5-6,10-11,15H,4,7-9,12-13H2,(H,18,19,21)/t15-/m1/s1. The van der Waals surface area contributed by atoms with E-state index in [0.29, 0.717) is 18.9 Å². The van der Waals surface area contributed by atoms with Gasteiger partial charge in [0, 0.05) is 25.4 Å². The van der Waals surface area contributed by atoms with Gasteiger partial charge in [-0.15, -0.1) is 0 Å². The Bertz CT molecular complexity index is 603. The summed E-state index contributed by atoms with van der Waals surface area (Å²) < 4.78 is 7.48. The highest BCUT2D eigenvalue weighted by molar-refractivity contribution is 5.89. The molecule has 0 bridgehead atoms. The molecule has 0 aliphatic carbocycles. The van der Waals surface area contributed by atoms with Gasteiger partial charge in [-0.1, -0.05) is 30.3 Å². The molecular weight excluding hydrogens is 278 g/mol. The SMILES string of the molecule is O=C(CC[C@H]1CCCO1)Nc1nccn1Cc1ccccc1. The average molecular weight is 299 g/mol. The predicted octanol–water partition coefficient (Wildman–Crippen LogP) is 2.83. The Morgan fingerprint density at radius 2 is 2.23 bits per heavy atom. The van der Waals surface area contributed by atoms with Gasteiger partial charge >= 0.3 is 0 Å². The van der Waals surface area contributed by atoms with E-state index in [4.69, 9.17) is 4.74 Å². The molecule has 22 heavy (non-hydrogen) atoms. The summed E-state index contributed by atoms with van der Waals surface area (Å²) in [4.78, 5) is 16.3. The van der Waals surface area contributed by atoms with Crippen LogP contribution in [0.1, 0.15) is 31.2 Å². The summed E-state index contributed by atoms with van der Waals surface area (Å²) in [5, 5.41) is 2.89. The van der Waals surface area contributed by atoms with Crippen molar-refractivity contribution in [3.05, 3.63) is 48.3 Å². The van der Waals surface area contributed by atoms with Crippen LogP contribution in [0.3, 0.4) is 0 Å². The summed E-state index contributed by atoms with van der Waals surface area (Å²) in [6.07, 6.45) is 7.26. The molecule has 5 heteroatoms. The molecule has 1 aromatic heterocycles. The van der Waals surface area contributed by atoms with E-state index >= 15 is 0 Å². The zero-order valence-electron chi connectivity index (χ0n) is 12.6. The Kier molecular flexibility index (Phi) is 4.85. The molecule has 1 aliphatic heterocycles. The lowest BCUT2D eigenvalue weighted by atomic mass is 10.1. The smallest absolute Gasteiger partial charge is 0.226 e. The van der Waals surface area contributed by atoms with Crippen molar-refractivity contribution >= 4 is 11.9 Å². The van der Waals surface area contributed by atoms with Gasteiger partial charge in [-0.2, -0.15) is 0 Å². The first-order valence-corrected chi connectivity index (χ1v) is 7.78. The van der Waals surface area contributed by atoms with E-state index in [1.807, 2.05) is 29.0 Å². The van der Waals surface area contributed by atoms with Gasteiger partial charge < -0.3 is 9.30 Å². The number of nitrogens with one attached hydrogen (secondary N) is 1. The highest BCUT2D eigenvalue weighted by Crippen LogP contribution is 2.17. The second-order valence-electron chi connectivity index (χ2n) is 5.59. The van der Waals surface area contributed by atoms with Gasteiger partial charge in [-0.25, -0.2) is 4.98 Å². The van der Waals surface area contributed by atoms with Crippen LogP contribution in [0, 0.1) is 0 Å². The number of nitrogens with zero attached hydrogens (tertiary/aromatic N) is 2. The van der Waals surface area contributed by atoms with Crippen LogP contribution in [0.15, 0.2) is 42.7 Å². The van der Waals surface area contributed by atoms with Gasteiger partial charge in [0.15, 0.2) is 0 Å². The van der Waals surface area contributed by atoms with Crippen molar-refractivity contribution in [2.24, 2.45) is 0 Å². The lowest BCUT2D eigenvalue weighted by Crippen LogP contribution is -2.18. The Hall–Kier alpha value is -2.14. The summed E-state index contributed by atoms with van der Waals surface area (Å²) in [5.41, 5.74) is 1.18. The highest BCUT2D eigenvalue weighted by Gasteiger charge is 2.17. The van der Waals surface area contributed by atoms with Gasteiger partial charge in [-0.05, 0) is 24.8 Å². The molecule has 1 aliphatic rings. The van der Waals surface area contributed by atoms with Gasteiger partial charge in [0.2, 0.25) is 11.9 Å². The fraction of sp³-hybridized carbons (Fsp3) is 0.412. The molecule has 1 atom stereocenters. The van der Waals surface area contributed by atoms with Crippen LogP contribution in [0.5, 0.6) is 0 Å². The van der Waals surface area contributed by atoms with E-state index in [-0.39, 0.29) is 12.0 Å². The molecule has 5 nitrogen and oxygen atoms in total. The number of rotatable bonds is 6. The summed E-state index contributed by atoms with van der Waals surface area (Å²) in [6, 6.07) is 10.1. The molecule has 1 saturated heterocycles. The maximum absolute atomic E-state index is 12.1. The van der Waals surface area contributed by atoms with Gasteiger partial charge in [0.25, 0.3) is 0 Å². The largest absolute Gasteiger partial charge is 0.378 e. The van der Waals surface area contributed by atoms with Crippen LogP contribution in [-0.4, -0.2) is 28.2 Å². The first kappa shape index (κ1) is 14.8. The fourth-order valence-corrected chi connectivity index (χ4v) is 2.69. The lowest BCUT2D eigenvalue weighted by Gasteiger charge is -2.11. The van der Waals surface area contributed by atoms with Crippen molar-refractivity contribution in [1.82, 2.24) is 9.55 Å². The van der Waals surface area contributed by atoms with Crippen molar-refractivity contribution < 1.29 is 9.53 Å². The number of carbonyl (C=O) groups is 1. The zero-order valence-corrected chi connectivity index (χ0v) is 12.6. The van der Waals surface area contributed by atoms with E-state index < -0.39 is 0 Å². The number of anilines is 1. The van der Waals surface area contributed by atoms with Crippen molar-refractivity contribution in [1.29, 1.82) is 0 Å². The third-order valence-electron chi connectivity index (χ3n) is 3.88. The topological polar surface area (TPSA) is 56.1 Å². The molecule has 0 radical (unpaired) electrons. The number of hydrogen-bond acceptors (Lipinski definition) is 3. The van der Waals surface area contributed by atoms with E-state index in [1.165, 1.54) is 5.56 Å².